The Balaban J connectivity index is 1.70. The average Bonchev–Trinajstić information content (AvgIpc) is 2.79. The molecule has 0 aromatic rings. The maximum Gasteiger partial charge on any atom is 0.0895 e. The summed E-state index contributed by atoms with van der Waals surface area (Å²) >= 11 is 6.51. The number of hydrogen-bond acceptors (Lipinski definition) is 2. The number of hydrogen-bond donors (Lipinski definition) is 2. The van der Waals surface area contributed by atoms with Crippen molar-refractivity contribution in [3.8, 4) is 0 Å². The number of rotatable bonds is 0. The standard InChI is InChI=1S/C19H29ClO2/c1-18-10-8-15(21)17(20)14(18)4-3-11-12-5-6-16(22)19(12,2)9-7-13(11)18/h11-13,15-16,21-22H,3-10H2,1-2H3/t11-,12-,13+,15?,16?,18+,19-/m0/s1. The normalized spacial score (nSPS) is 54.7. The maximum atomic E-state index is 10.5. The van der Waals surface area contributed by atoms with Crippen molar-refractivity contribution in [2.24, 2.45) is 28.6 Å². The molecule has 0 aliphatic heterocycles. The molecular formula is C19H29ClO2. The predicted octanol–water partition coefficient (Wildman–Crippen LogP) is 4.24. The van der Waals surface area contributed by atoms with E-state index >= 15 is 0 Å². The minimum atomic E-state index is -0.427. The fraction of sp³-hybridized carbons (Fsp3) is 0.895. The Morgan fingerprint density at radius 1 is 0.955 bits per heavy atom. The van der Waals surface area contributed by atoms with Crippen molar-refractivity contribution in [3.05, 3.63) is 10.6 Å². The van der Waals surface area contributed by atoms with Gasteiger partial charge < -0.3 is 10.2 Å². The summed E-state index contributed by atoms with van der Waals surface area (Å²) in [7, 11) is 0. The minimum absolute atomic E-state index is 0.0973. The topological polar surface area (TPSA) is 40.5 Å². The van der Waals surface area contributed by atoms with Crippen LogP contribution in [0.3, 0.4) is 0 Å². The molecule has 0 heterocycles. The first-order chi connectivity index (χ1) is 10.4. The molecule has 0 saturated heterocycles. The monoisotopic (exact) mass is 324 g/mol. The van der Waals surface area contributed by atoms with Crippen LogP contribution in [0.5, 0.6) is 0 Å². The molecule has 2 nitrogen and oxygen atoms in total. The molecule has 4 aliphatic rings. The SMILES string of the molecule is C[C@]12CCC(O)C(Cl)=C1CC[C@@H]1[C@H]2CC[C@]2(C)C(O)CC[C@@H]12. The van der Waals surface area contributed by atoms with Crippen molar-refractivity contribution in [2.75, 3.05) is 0 Å². The van der Waals surface area contributed by atoms with Crippen LogP contribution < -0.4 is 0 Å². The Labute approximate surface area is 138 Å². The highest BCUT2D eigenvalue weighted by molar-refractivity contribution is 6.30. The quantitative estimate of drug-likeness (QED) is 0.699. The van der Waals surface area contributed by atoms with Gasteiger partial charge in [0.2, 0.25) is 0 Å². The van der Waals surface area contributed by atoms with Gasteiger partial charge in [-0.15, -0.1) is 0 Å². The van der Waals surface area contributed by atoms with Crippen LogP contribution in [0.2, 0.25) is 0 Å². The second kappa shape index (κ2) is 4.97. The Hall–Kier alpha value is -0.0500. The van der Waals surface area contributed by atoms with Crippen molar-refractivity contribution < 1.29 is 10.2 Å². The number of aliphatic hydroxyl groups is 2. The molecule has 124 valence electrons. The van der Waals surface area contributed by atoms with Crippen LogP contribution in [0.4, 0.5) is 0 Å². The molecular weight excluding hydrogens is 296 g/mol. The second-order valence-electron chi connectivity index (χ2n) is 8.85. The van der Waals surface area contributed by atoms with E-state index in [1.807, 2.05) is 0 Å². The van der Waals surface area contributed by atoms with Crippen LogP contribution in [0.15, 0.2) is 10.6 Å². The highest BCUT2D eigenvalue weighted by Crippen LogP contribution is 2.66. The number of halogens is 1. The Morgan fingerprint density at radius 2 is 1.73 bits per heavy atom. The summed E-state index contributed by atoms with van der Waals surface area (Å²) in [5.74, 6) is 2.12. The molecule has 3 fully saturated rings. The third-order valence-corrected chi connectivity index (χ3v) is 8.62. The van der Waals surface area contributed by atoms with E-state index in [1.165, 1.54) is 24.8 Å². The van der Waals surface area contributed by atoms with Gasteiger partial charge >= 0.3 is 0 Å². The fourth-order valence-electron chi connectivity index (χ4n) is 6.77. The third-order valence-electron chi connectivity index (χ3n) is 8.14. The van der Waals surface area contributed by atoms with Crippen LogP contribution in [0, 0.1) is 28.6 Å². The van der Waals surface area contributed by atoms with Crippen LogP contribution >= 0.6 is 11.6 Å². The number of aliphatic hydroxyl groups excluding tert-OH is 2. The molecule has 0 radical (unpaired) electrons. The summed E-state index contributed by atoms with van der Waals surface area (Å²) in [6.45, 7) is 4.73. The van der Waals surface area contributed by atoms with E-state index in [1.54, 1.807) is 0 Å². The molecule has 2 unspecified atom stereocenters. The molecule has 7 atom stereocenters. The Kier molecular flexibility index (Phi) is 3.50. The summed E-state index contributed by atoms with van der Waals surface area (Å²) in [5, 5.41) is 21.4. The van der Waals surface area contributed by atoms with Gasteiger partial charge in [0.25, 0.3) is 0 Å². The molecule has 2 N–H and O–H groups in total. The lowest BCUT2D eigenvalue weighted by Crippen LogP contribution is -2.51. The molecule has 4 rings (SSSR count). The van der Waals surface area contributed by atoms with Gasteiger partial charge in [-0.05, 0) is 85.5 Å². The molecule has 0 amide bonds. The van der Waals surface area contributed by atoms with E-state index in [2.05, 4.69) is 13.8 Å². The van der Waals surface area contributed by atoms with Crippen molar-refractivity contribution in [2.45, 2.75) is 77.4 Å². The second-order valence-corrected chi connectivity index (χ2v) is 9.26. The molecule has 3 heteroatoms. The first-order valence-electron chi connectivity index (χ1n) is 9.13. The average molecular weight is 325 g/mol. The zero-order valence-corrected chi connectivity index (χ0v) is 14.6. The Morgan fingerprint density at radius 3 is 2.50 bits per heavy atom. The van der Waals surface area contributed by atoms with Gasteiger partial charge in [-0.3, -0.25) is 0 Å². The Bertz CT molecular complexity index is 516. The summed E-state index contributed by atoms with van der Waals surface area (Å²) in [5.41, 5.74) is 1.70. The molecule has 4 aliphatic carbocycles. The van der Waals surface area contributed by atoms with Crippen LogP contribution in [-0.4, -0.2) is 22.4 Å². The van der Waals surface area contributed by atoms with Gasteiger partial charge in [0.1, 0.15) is 0 Å². The van der Waals surface area contributed by atoms with Gasteiger partial charge in [0.15, 0.2) is 0 Å². The van der Waals surface area contributed by atoms with Crippen molar-refractivity contribution in [1.29, 1.82) is 0 Å². The molecule has 0 bridgehead atoms. The van der Waals surface area contributed by atoms with Gasteiger partial charge in [-0.2, -0.15) is 0 Å². The third kappa shape index (κ3) is 1.87. The van der Waals surface area contributed by atoms with Crippen molar-refractivity contribution >= 4 is 11.6 Å². The molecule has 22 heavy (non-hydrogen) atoms. The van der Waals surface area contributed by atoms with Crippen LogP contribution in [0.1, 0.15) is 65.2 Å². The number of fused-ring (bicyclic) bond motifs is 5. The van der Waals surface area contributed by atoms with E-state index in [0.29, 0.717) is 11.8 Å². The fourth-order valence-corrected chi connectivity index (χ4v) is 7.19. The zero-order valence-electron chi connectivity index (χ0n) is 13.8. The van der Waals surface area contributed by atoms with E-state index in [-0.39, 0.29) is 16.9 Å². The summed E-state index contributed by atoms with van der Waals surface area (Å²) in [4.78, 5) is 0. The number of allylic oxidation sites excluding steroid dienone is 1. The first kappa shape index (κ1) is 15.5. The first-order valence-corrected chi connectivity index (χ1v) is 9.51. The summed E-state index contributed by atoms with van der Waals surface area (Å²) < 4.78 is 0. The molecule has 0 aromatic heterocycles. The highest BCUT2D eigenvalue weighted by atomic mass is 35.5. The van der Waals surface area contributed by atoms with Gasteiger partial charge in [-0.1, -0.05) is 25.4 Å². The highest BCUT2D eigenvalue weighted by Gasteiger charge is 2.59. The van der Waals surface area contributed by atoms with E-state index in [4.69, 9.17) is 11.6 Å². The lowest BCUT2D eigenvalue weighted by Gasteiger charge is -2.58. The summed E-state index contributed by atoms with van der Waals surface area (Å²) in [6, 6.07) is 0. The largest absolute Gasteiger partial charge is 0.393 e. The lowest BCUT2D eigenvalue weighted by molar-refractivity contribution is -0.0765. The molecule has 0 spiro atoms. The van der Waals surface area contributed by atoms with Gasteiger partial charge in [0, 0.05) is 5.03 Å². The maximum absolute atomic E-state index is 10.5. The van der Waals surface area contributed by atoms with E-state index in [0.717, 1.165) is 43.1 Å². The van der Waals surface area contributed by atoms with Gasteiger partial charge in [0.05, 0.1) is 12.2 Å². The molecule has 3 saturated carbocycles. The van der Waals surface area contributed by atoms with Gasteiger partial charge in [-0.25, -0.2) is 0 Å². The smallest absolute Gasteiger partial charge is 0.0895 e. The van der Waals surface area contributed by atoms with Crippen LogP contribution in [-0.2, 0) is 0 Å². The lowest BCUT2D eigenvalue weighted by atomic mass is 9.47. The molecule has 0 aromatic carbocycles. The zero-order chi connectivity index (χ0) is 15.7. The van der Waals surface area contributed by atoms with E-state index in [9.17, 15) is 10.2 Å². The van der Waals surface area contributed by atoms with Crippen molar-refractivity contribution in [1.82, 2.24) is 0 Å². The van der Waals surface area contributed by atoms with Crippen LogP contribution in [0.25, 0.3) is 0 Å². The van der Waals surface area contributed by atoms with E-state index < -0.39 is 6.10 Å². The summed E-state index contributed by atoms with van der Waals surface area (Å²) in [6.07, 6.45) is 8.18. The van der Waals surface area contributed by atoms with Crippen molar-refractivity contribution in [3.63, 3.8) is 0 Å². The predicted molar refractivity (Wildman–Crippen MR) is 88.5 cm³/mol. The minimum Gasteiger partial charge on any atom is -0.393 e.